The molecule has 188 valence electrons. The van der Waals surface area contributed by atoms with E-state index >= 15 is 0 Å². The predicted molar refractivity (Wildman–Crippen MR) is 132 cm³/mol. The molecule has 1 aliphatic rings. The molecule has 4 aromatic rings. The van der Waals surface area contributed by atoms with E-state index in [1.54, 1.807) is 47.4 Å². The number of benzene rings is 3. The lowest BCUT2D eigenvalue weighted by Gasteiger charge is -2.37. The van der Waals surface area contributed by atoms with Gasteiger partial charge in [-0.25, -0.2) is 8.78 Å². The molecule has 1 N–H and O–H groups in total. The fourth-order valence-corrected chi connectivity index (χ4v) is 4.45. The summed E-state index contributed by atoms with van der Waals surface area (Å²) in [5, 5.41) is 2.74. The maximum absolute atomic E-state index is 13.7. The smallest absolute Gasteiger partial charge is 0.290 e. The van der Waals surface area contributed by atoms with Crippen LogP contribution in [0.2, 0.25) is 0 Å². The van der Waals surface area contributed by atoms with Crippen LogP contribution in [0.25, 0.3) is 0 Å². The van der Waals surface area contributed by atoms with Crippen molar-refractivity contribution >= 4 is 11.8 Å². The van der Waals surface area contributed by atoms with Crippen molar-refractivity contribution in [3.63, 3.8) is 0 Å². The van der Waals surface area contributed by atoms with Crippen molar-refractivity contribution in [2.45, 2.75) is 19.0 Å². The molecule has 1 aliphatic heterocycles. The number of halogens is 2. The van der Waals surface area contributed by atoms with E-state index in [0.717, 1.165) is 22.3 Å². The van der Waals surface area contributed by atoms with Crippen LogP contribution in [0.3, 0.4) is 0 Å². The van der Waals surface area contributed by atoms with Crippen LogP contribution in [0.1, 0.15) is 38.9 Å². The van der Waals surface area contributed by atoms with Crippen LogP contribution in [-0.2, 0) is 17.8 Å². The number of amides is 2. The van der Waals surface area contributed by atoms with Gasteiger partial charge in [0.2, 0.25) is 0 Å². The van der Waals surface area contributed by atoms with Gasteiger partial charge in [-0.05, 0) is 77.2 Å². The van der Waals surface area contributed by atoms with Crippen molar-refractivity contribution in [1.82, 2.24) is 10.2 Å². The topological polar surface area (TPSA) is 71.8 Å². The Bertz CT molecular complexity index is 1390. The summed E-state index contributed by atoms with van der Waals surface area (Å²) in [7, 11) is 0. The largest absolute Gasteiger partial charge is 0.484 e. The number of nitrogens with one attached hydrogen (secondary N) is 1. The van der Waals surface area contributed by atoms with E-state index in [1.165, 1.54) is 30.5 Å². The first-order valence-corrected chi connectivity index (χ1v) is 11.8. The highest BCUT2D eigenvalue weighted by Gasteiger charge is 2.34. The molecule has 2 amide bonds. The van der Waals surface area contributed by atoms with Gasteiger partial charge in [0.05, 0.1) is 12.3 Å². The molecule has 3 aromatic carbocycles. The van der Waals surface area contributed by atoms with Gasteiger partial charge in [0.15, 0.2) is 12.4 Å². The Morgan fingerprint density at radius 1 is 0.973 bits per heavy atom. The van der Waals surface area contributed by atoms with E-state index in [0.29, 0.717) is 18.7 Å². The van der Waals surface area contributed by atoms with Crippen molar-refractivity contribution in [2.75, 3.05) is 13.2 Å². The predicted octanol–water partition coefficient (Wildman–Crippen LogP) is 5.04. The lowest BCUT2D eigenvalue weighted by Crippen LogP contribution is -2.40. The monoisotopic (exact) mass is 502 g/mol. The number of fused-ring (bicyclic) bond motifs is 1. The lowest BCUT2D eigenvalue weighted by atomic mass is 9.87. The van der Waals surface area contributed by atoms with E-state index < -0.39 is 6.04 Å². The van der Waals surface area contributed by atoms with Gasteiger partial charge in [-0.15, -0.1) is 0 Å². The van der Waals surface area contributed by atoms with Crippen LogP contribution in [0.15, 0.2) is 89.5 Å². The summed E-state index contributed by atoms with van der Waals surface area (Å²) < 4.78 is 37.9. The van der Waals surface area contributed by atoms with E-state index in [1.807, 2.05) is 12.1 Å². The third kappa shape index (κ3) is 5.53. The second kappa shape index (κ2) is 10.7. The molecule has 37 heavy (non-hydrogen) atoms. The number of rotatable bonds is 7. The highest BCUT2D eigenvalue weighted by molar-refractivity contribution is 5.92. The minimum Gasteiger partial charge on any atom is -0.484 e. The highest BCUT2D eigenvalue weighted by atomic mass is 19.1. The zero-order valence-electron chi connectivity index (χ0n) is 19.8. The minimum atomic E-state index is -0.488. The summed E-state index contributed by atoms with van der Waals surface area (Å²) in [6.07, 6.45) is 2.07. The quantitative estimate of drug-likeness (QED) is 0.384. The van der Waals surface area contributed by atoms with Crippen LogP contribution in [0.4, 0.5) is 8.78 Å². The molecule has 0 unspecified atom stereocenters. The first kappa shape index (κ1) is 24.2. The average Bonchev–Trinajstić information content (AvgIpc) is 3.46. The highest BCUT2D eigenvalue weighted by Crippen LogP contribution is 2.38. The van der Waals surface area contributed by atoms with Crippen LogP contribution in [0, 0.1) is 11.6 Å². The van der Waals surface area contributed by atoms with Crippen LogP contribution in [0.5, 0.6) is 5.75 Å². The molecule has 0 aliphatic carbocycles. The summed E-state index contributed by atoms with van der Waals surface area (Å²) >= 11 is 0. The molecular weight excluding hydrogens is 478 g/mol. The molecule has 0 saturated carbocycles. The Balaban J connectivity index is 1.35. The van der Waals surface area contributed by atoms with Gasteiger partial charge in [-0.3, -0.25) is 9.59 Å². The first-order valence-electron chi connectivity index (χ1n) is 11.8. The summed E-state index contributed by atoms with van der Waals surface area (Å²) in [5.74, 6) is -0.610. The van der Waals surface area contributed by atoms with Crippen molar-refractivity contribution in [2.24, 2.45) is 0 Å². The van der Waals surface area contributed by atoms with Crippen molar-refractivity contribution in [1.29, 1.82) is 0 Å². The molecule has 0 saturated heterocycles. The number of hydrogen-bond donors (Lipinski definition) is 1. The fourth-order valence-electron chi connectivity index (χ4n) is 4.45. The number of carbonyl (C=O) groups is 2. The molecule has 0 fully saturated rings. The summed E-state index contributed by atoms with van der Waals surface area (Å²) in [5.41, 5.74) is 3.39. The fraction of sp³-hybridized carbons (Fsp3) is 0.172. The van der Waals surface area contributed by atoms with Crippen molar-refractivity contribution in [3.05, 3.63) is 125 Å². The maximum Gasteiger partial charge on any atom is 0.290 e. The number of nitrogens with zero attached hydrogens (tertiary/aromatic N) is 1. The second-order valence-corrected chi connectivity index (χ2v) is 8.73. The molecule has 2 heterocycles. The third-order valence-corrected chi connectivity index (χ3v) is 6.30. The molecule has 5 rings (SSSR count). The van der Waals surface area contributed by atoms with Gasteiger partial charge in [0, 0.05) is 13.1 Å². The number of ether oxygens (including phenoxy) is 1. The second-order valence-electron chi connectivity index (χ2n) is 8.73. The van der Waals surface area contributed by atoms with Crippen LogP contribution in [-0.4, -0.2) is 29.9 Å². The van der Waals surface area contributed by atoms with E-state index in [2.05, 4.69) is 5.32 Å². The number of hydrogen-bond acceptors (Lipinski definition) is 4. The number of furan rings is 1. The first-order chi connectivity index (χ1) is 18.0. The third-order valence-electron chi connectivity index (χ3n) is 6.30. The molecule has 1 atom stereocenters. The van der Waals surface area contributed by atoms with Gasteiger partial charge in [-0.2, -0.15) is 0 Å². The van der Waals surface area contributed by atoms with Gasteiger partial charge in [0.25, 0.3) is 11.8 Å². The normalized spacial score (nSPS) is 14.6. The Kier molecular flexibility index (Phi) is 6.98. The molecule has 0 bridgehead atoms. The zero-order chi connectivity index (χ0) is 25.8. The maximum atomic E-state index is 13.7. The standard InChI is InChI=1S/C29H24F2N2O4/c30-22-8-3-19(4-9-22)17-32-27(34)18-37-24-12-7-20-13-14-33(29(35)26-2-1-15-36-26)28(25(20)16-24)21-5-10-23(31)11-6-21/h1-12,15-16,28H,13-14,17-18H2,(H,32,34)/t28-/m1/s1. The zero-order valence-corrected chi connectivity index (χ0v) is 19.8. The summed E-state index contributed by atoms with van der Waals surface area (Å²) in [4.78, 5) is 27.3. The SMILES string of the molecule is O=C(COc1ccc2c(c1)[C@@H](c1ccc(F)cc1)N(C(=O)c1ccco1)CC2)NCc1ccc(F)cc1. The minimum absolute atomic E-state index is 0.212. The molecule has 8 heteroatoms. The van der Waals surface area contributed by atoms with E-state index in [4.69, 9.17) is 9.15 Å². The molecule has 0 spiro atoms. The average molecular weight is 503 g/mol. The molecular formula is C29H24F2N2O4. The van der Waals surface area contributed by atoms with Gasteiger partial charge in [0.1, 0.15) is 17.4 Å². The van der Waals surface area contributed by atoms with Crippen LogP contribution >= 0.6 is 0 Å². The van der Waals surface area contributed by atoms with Crippen molar-refractivity contribution < 1.29 is 27.5 Å². The number of carbonyl (C=O) groups excluding carboxylic acids is 2. The summed E-state index contributed by atoms with van der Waals surface area (Å²) in [6.45, 7) is 0.500. The molecule has 1 aromatic heterocycles. The Morgan fingerprint density at radius 3 is 2.41 bits per heavy atom. The van der Waals surface area contributed by atoms with E-state index in [-0.39, 0.29) is 42.4 Å². The Labute approximate surface area is 212 Å². The Hall–Kier alpha value is -4.46. The van der Waals surface area contributed by atoms with Crippen LogP contribution < -0.4 is 10.1 Å². The van der Waals surface area contributed by atoms with Gasteiger partial charge in [-0.1, -0.05) is 30.3 Å². The van der Waals surface area contributed by atoms with Crippen molar-refractivity contribution in [3.8, 4) is 5.75 Å². The lowest BCUT2D eigenvalue weighted by molar-refractivity contribution is -0.123. The van der Waals surface area contributed by atoms with Gasteiger partial charge < -0.3 is 19.4 Å². The molecule has 6 nitrogen and oxygen atoms in total. The molecule has 0 radical (unpaired) electrons. The summed E-state index contributed by atoms with van der Waals surface area (Å²) in [6, 6.07) is 20.2. The van der Waals surface area contributed by atoms with Gasteiger partial charge >= 0.3 is 0 Å². The Morgan fingerprint density at radius 2 is 1.70 bits per heavy atom. The van der Waals surface area contributed by atoms with E-state index in [9.17, 15) is 18.4 Å².